The fourth-order valence-corrected chi connectivity index (χ4v) is 6.16. The lowest BCUT2D eigenvalue weighted by Gasteiger charge is -2.08. The first-order valence-electron chi connectivity index (χ1n) is 15.7. The number of halogens is 6. The number of para-hydroxylation sites is 2. The molecule has 0 amide bonds. The molecule has 0 aliphatic rings. The van der Waals surface area contributed by atoms with Crippen LogP contribution in [-0.4, -0.2) is 20.2 Å². The molecule has 2 heterocycles. The summed E-state index contributed by atoms with van der Waals surface area (Å²) in [5, 5.41) is 24.4. The fourth-order valence-electron chi connectivity index (χ4n) is 6.16. The number of nitrogens with one attached hydrogen (secondary N) is 4. The molecule has 7 aromatic rings. The van der Waals surface area contributed by atoms with E-state index in [0.29, 0.717) is 0 Å². The van der Waals surface area contributed by atoms with Crippen molar-refractivity contribution in [3.8, 4) is 0 Å². The Morgan fingerprint density at radius 3 is 1.09 bits per heavy atom. The number of aromatic nitrogens is 2. The number of aliphatic hydroxyl groups excluding tert-OH is 2. The van der Waals surface area contributed by atoms with Gasteiger partial charge in [-0.3, -0.25) is 19.2 Å². The van der Waals surface area contributed by atoms with Gasteiger partial charge < -0.3 is 30.8 Å². The SMILES string of the molecule is O=c1c(=O)c(=c2/c(=C(\O)Nc3ccc(C(F)(F)F)cc3)[nH]c3ccccc23)c(=O)c(=O)c1=c1/c(=C(\O)Nc2ccc(C(F)(F)F)cc2)[nH]c2ccccc12. The third-order valence-electron chi connectivity index (χ3n) is 8.66. The van der Waals surface area contributed by atoms with E-state index in [0.717, 1.165) is 48.5 Å². The maximum atomic E-state index is 14.0. The van der Waals surface area contributed by atoms with E-state index in [1.54, 1.807) is 12.1 Å². The van der Waals surface area contributed by atoms with Crippen LogP contribution in [0.15, 0.2) is 116 Å². The highest BCUT2D eigenvalue weighted by atomic mass is 19.4. The summed E-state index contributed by atoms with van der Waals surface area (Å²) in [6, 6.07) is 19.2. The van der Waals surface area contributed by atoms with Gasteiger partial charge in [0.05, 0.1) is 21.6 Å². The molecular weight excluding hydrogens is 722 g/mol. The number of rotatable bonds is 4. The van der Waals surface area contributed by atoms with Crippen LogP contribution in [-0.2, 0) is 12.4 Å². The first-order chi connectivity index (χ1) is 25.5. The summed E-state index contributed by atoms with van der Waals surface area (Å²) in [5.41, 5.74) is -7.27. The Hall–Kier alpha value is -7.10. The van der Waals surface area contributed by atoms with Gasteiger partial charge in [0.1, 0.15) is 10.7 Å². The second-order valence-electron chi connectivity index (χ2n) is 12.0. The van der Waals surface area contributed by atoms with Gasteiger partial charge in [-0.1, -0.05) is 36.4 Å². The van der Waals surface area contributed by atoms with E-state index < -0.39 is 67.4 Å². The average molecular weight is 745 g/mol. The molecule has 0 unspecified atom stereocenters. The van der Waals surface area contributed by atoms with E-state index in [9.17, 15) is 55.7 Å². The Morgan fingerprint density at radius 2 is 0.778 bits per heavy atom. The normalized spacial score (nSPS) is 13.3. The molecule has 54 heavy (non-hydrogen) atoms. The van der Waals surface area contributed by atoms with Gasteiger partial charge in [-0.25, -0.2) is 0 Å². The third-order valence-corrected chi connectivity index (χ3v) is 8.66. The highest BCUT2D eigenvalue weighted by molar-refractivity contribution is 5.82. The maximum Gasteiger partial charge on any atom is 0.416 e. The van der Waals surface area contributed by atoms with E-state index in [1.165, 1.54) is 36.4 Å². The lowest BCUT2D eigenvalue weighted by molar-refractivity contribution is -0.138. The van der Waals surface area contributed by atoms with E-state index in [4.69, 9.17) is 0 Å². The van der Waals surface area contributed by atoms with Gasteiger partial charge in [-0.15, -0.1) is 0 Å². The van der Waals surface area contributed by atoms with Gasteiger partial charge in [0.15, 0.2) is 0 Å². The lowest BCUT2D eigenvalue weighted by Crippen LogP contribution is -2.43. The minimum absolute atomic E-state index is 0.0213. The quantitative estimate of drug-likeness (QED) is 0.108. The van der Waals surface area contributed by atoms with E-state index in [1.807, 2.05) is 0 Å². The number of benzene rings is 5. The zero-order chi connectivity index (χ0) is 38.7. The molecular formula is C38H22F6N4O6. The number of alkyl halides is 6. The van der Waals surface area contributed by atoms with Crippen molar-refractivity contribution in [2.45, 2.75) is 12.4 Å². The van der Waals surface area contributed by atoms with Crippen LogP contribution in [0, 0.1) is 20.9 Å². The summed E-state index contributed by atoms with van der Waals surface area (Å²) in [6.45, 7) is 0. The molecule has 0 saturated carbocycles. The molecule has 0 aliphatic carbocycles. The second kappa shape index (κ2) is 12.8. The summed E-state index contributed by atoms with van der Waals surface area (Å²) >= 11 is 0. The Bertz CT molecular complexity index is 2920. The van der Waals surface area contributed by atoms with Crippen LogP contribution in [0.2, 0.25) is 0 Å². The Kier molecular flexibility index (Phi) is 8.39. The topological polar surface area (TPSA) is 164 Å². The number of anilines is 2. The second-order valence-corrected chi connectivity index (χ2v) is 12.0. The molecule has 10 nitrogen and oxygen atoms in total. The van der Waals surface area contributed by atoms with Crippen molar-refractivity contribution < 1.29 is 36.6 Å². The molecule has 0 atom stereocenters. The van der Waals surface area contributed by atoms with Crippen molar-refractivity contribution in [1.82, 2.24) is 9.97 Å². The first-order valence-corrected chi connectivity index (χ1v) is 15.7. The molecule has 2 aromatic heterocycles. The van der Waals surface area contributed by atoms with Crippen molar-refractivity contribution in [2.75, 3.05) is 10.6 Å². The predicted molar refractivity (Wildman–Crippen MR) is 187 cm³/mol. The van der Waals surface area contributed by atoms with Crippen LogP contribution in [0.1, 0.15) is 11.1 Å². The monoisotopic (exact) mass is 744 g/mol. The standard InChI is InChI=1S/C38H22F6N4O6/c39-37(40,41)17-9-13-19(14-10-17)45-35(53)29-25(21-5-1-3-7-23(21)47-29)27-31(49)33(51)28(34(52)32(27)50)26-22-6-2-4-8-24(22)48-30(26)36(54)46-20-15-11-18(12-16-20)38(42,43)44/h1-16,45-48,53-54H/b27-25?,28-26?,35-29+,36-30+. The zero-order valence-electron chi connectivity index (χ0n) is 27.0. The first kappa shape index (κ1) is 35.3. The van der Waals surface area contributed by atoms with Crippen LogP contribution in [0.3, 0.4) is 0 Å². The molecule has 6 N–H and O–H groups in total. The molecule has 7 rings (SSSR count). The van der Waals surface area contributed by atoms with Crippen molar-refractivity contribution >= 4 is 44.9 Å². The van der Waals surface area contributed by atoms with E-state index in [-0.39, 0.29) is 54.3 Å². The van der Waals surface area contributed by atoms with Gasteiger partial charge in [0.2, 0.25) is 33.5 Å². The van der Waals surface area contributed by atoms with E-state index in [2.05, 4.69) is 20.6 Å². The Morgan fingerprint density at radius 1 is 0.463 bits per heavy atom. The summed E-state index contributed by atoms with van der Waals surface area (Å²) in [5.74, 6) is -1.53. The number of fused-ring (bicyclic) bond motifs is 2. The minimum atomic E-state index is -4.63. The summed E-state index contributed by atoms with van der Waals surface area (Å²) in [6.07, 6.45) is -9.26. The van der Waals surface area contributed by atoms with Crippen molar-refractivity contribution in [2.24, 2.45) is 0 Å². The Labute approximate surface area is 294 Å². The van der Waals surface area contributed by atoms with E-state index >= 15 is 0 Å². The molecule has 0 aliphatic heterocycles. The van der Waals surface area contributed by atoms with Gasteiger partial charge >= 0.3 is 12.4 Å². The van der Waals surface area contributed by atoms with Crippen LogP contribution in [0.4, 0.5) is 37.7 Å². The lowest BCUT2D eigenvalue weighted by atomic mass is 10.1. The molecule has 0 spiro atoms. The summed E-state index contributed by atoms with van der Waals surface area (Å²) in [7, 11) is 0. The molecule has 272 valence electrons. The maximum absolute atomic E-state index is 14.0. The zero-order valence-corrected chi connectivity index (χ0v) is 27.0. The van der Waals surface area contributed by atoms with Crippen LogP contribution in [0.25, 0.3) is 33.6 Å². The highest BCUT2D eigenvalue weighted by Gasteiger charge is 2.31. The smallest absolute Gasteiger partial charge is 0.416 e. The number of hydrogen-bond acceptors (Lipinski definition) is 8. The third kappa shape index (κ3) is 6.12. The molecule has 0 bridgehead atoms. The number of aliphatic hydroxyl groups is 2. The fraction of sp³-hybridized carbons (Fsp3) is 0.0526. The van der Waals surface area contributed by atoms with Crippen molar-refractivity contribution in [3.05, 3.63) is 181 Å². The van der Waals surface area contributed by atoms with Gasteiger partial charge in [0, 0.05) is 43.6 Å². The van der Waals surface area contributed by atoms with Crippen molar-refractivity contribution in [3.63, 3.8) is 0 Å². The van der Waals surface area contributed by atoms with Crippen molar-refractivity contribution in [1.29, 1.82) is 0 Å². The number of aromatic amines is 2. The highest BCUT2D eigenvalue weighted by Crippen LogP contribution is 2.31. The molecule has 0 fully saturated rings. The van der Waals surface area contributed by atoms with Gasteiger partial charge in [-0.2, -0.15) is 26.3 Å². The van der Waals surface area contributed by atoms with Crippen LogP contribution in [0.5, 0.6) is 0 Å². The Balaban J connectivity index is 1.56. The minimum Gasteiger partial charge on any atom is -0.493 e. The molecule has 0 saturated heterocycles. The summed E-state index contributed by atoms with van der Waals surface area (Å²) < 4.78 is 78.6. The molecule has 16 heteroatoms. The van der Waals surface area contributed by atoms with Crippen LogP contribution < -0.4 is 43.0 Å². The van der Waals surface area contributed by atoms with Gasteiger partial charge in [-0.05, 0) is 60.7 Å². The van der Waals surface area contributed by atoms with Gasteiger partial charge in [0.25, 0.3) is 0 Å². The molecule has 5 aromatic carbocycles. The average Bonchev–Trinajstić information content (AvgIpc) is 3.70. The predicted octanol–water partition coefficient (Wildman–Crippen LogP) is 5.05. The molecule has 0 radical (unpaired) electrons. The largest absolute Gasteiger partial charge is 0.493 e. The number of H-pyrrole nitrogens is 2. The van der Waals surface area contributed by atoms with Crippen LogP contribution >= 0.6 is 0 Å². The number of hydrogen-bond donors (Lipinski definition) is 6. The summed E-state index contributed by atoms with van der Waals surface area (Å²) in [4.78, 5) is 61.7.